The molecule has 0 saturated heterocycles. The smallest absolute Gasteiger partial charge is 0.319 e. The second-order valence-corrected chi connectivity index (χ2v) is 4.39. The highest BCUT2D eigenvalue weighted by Crippen LogP contribution is 2.16. The summed E-state index contributed by atoms with van der Waals surface area (Å²) in [6.45, 7) is 0. The Morgan fingerprint density at radius 1 is 1.22 bits per heavy atom. The zero-order valence-corrected chi connectivity index (χ0v) is 9.91. The van der Waals surface area contributed by atoms with E-state index in [9.17, 15) is 14.0 Å². The lowest BCUT2D eigenvalue weighted by Crippen LogP contribution is -2.40. The topological polar surface area (TPSA) is 58.2 Å². The SMILES string of the molecule is O=C1CCC(NC(=O)Nc2ccccc2F)CC1. The quantitative estimate of drug-likeness (QED) is 0.847. The van der Waals surface area contributed by atoms with Crippen LogP contribution in [0.3, 0.4) is 0 Å². The summed E-state index contributed by atoms with van der Waals surface area (Å²) in [5, 5.41) is 5.20. The van der Waals surface area contributed by atoms with Crippen LogP contribution in [0.4, 0.5) is 14.9 Å². The number of benzene rings is 1. The van der Waals surface area contributed by atoms with E-state index in [-0.39, 0.29) is 17.5 Å². The average molecular weight is 250 g/mol. The number of anilines is 1. The highest BCUT2D eigenvalue weighted by molar-refractivity contribution is 5.89. The van der Waals surface area contributed by atoms with E-state index in [1.54, 1.807) is 12.1 Å². The van der Waals surface area contributed by atoms with Crippen molar-refractivity contribution in [2.24, 2.45) is 0 Å². The predicted octanol–water partition coefficient (Wildman–Crippen LogP) is 2.46. The largest absolute Gasteiger partial charge is 0.335 e. The molecule has 96 valence electrons. The molecule has 0 radical (unpaired) electrons. The summed E-state index contributed by atoms with van der Waals surface area (Å²) < 4.78 is 13.3. The van der Waals surface area contributed by atoms with Crippen molar-refractivity contribution in [2.75, 3.05) is 5.32 Å². The van der Waals surface area contributed by atoms with E-state index in [2.05, 4.69) is 10.6 Å². The third-order valence-corrected chi connectivity index (χ3v) is 3.00. The number of ketones is 1. The van der Waals surface area contributed by atoms with Crippen LogP contribution in [0.2, 0.25) is 0 Å². The van der Waals surface area contributed by atoms with Gasteiger partial charge in [0.25, 0.3) is 0 Å². The van der Waals surface area contributed by atoms with Crippen LogP contribution in [0.5, 0.6) is 0 Å². The Morgan fingerprint density at radius 3 is 2.56 bits per heavy atom. The highest BCUT2D eigenvalue weighted by atomic mass is 19.1. The van der Waals surface area contributed by atoms with Crippen molar-refractivity contribution in [1.29, 1.82) is 0 Å². The Bertz CT molecular complexity index is 452. The molecule has 4 nitrogen and oxygen atoms in total. The van der Waals surface area contributed by atoms with Crippen molar-refractivity contribution < 1.29 is 14.0 Å². The van der Waals surface area contributed by atoms with Crippen molar-refractivity contribution in [2.45, 2.75) is 31.7 Å². The van der Waals surface area contributed by atoms with Gasteiger partial charge in [0, 0.05) is 18.9 Å². The maximum atomic E-state index is 13.3. The maximum absolute atomic E-state index is 13.3. The van der Waals surface area contributed by atoms with E-state index in [0.29, 0.717) is 25.7 Å². The summed E-state index contributed by atoms with van der Waals surface area (Å²) in [6, 6.07) is 5.56. The third-order valence-electron chi connectivity index (χ3n) is 3.00. The second-order valence-electron chi connectivity index (χ2n) is 4.39. The fourth-order valence-electron chi connectivity index (χ4n) is 1.99. The van der Waals surface area contributed by atoms with E-state index < -0.39 is 11.8 Å². The Balaban J connectivity index is 1.86. The molecule has 2 rings (SSSR count). The summed E-state index contributed by atoms with van der Waals surface area (Å²) in [7, 11) is 0. The van der Waals surface area contributed by atoms with Gasteiger partial charge in [-0.15, -0.1) is 0 Å². The highest BCUT2D eigenvalue weighted by Gasteiger charge is 2.20. The van der Waals surface area contributed by atoms with Gasteiger partial charge in [-0.25, -0.2) is 9.18 Å². The Labute approximate surface area is 105 Å². The van der Waals surface area contributed by atoms with Crippen LogP contribution in [-0.4, -0.2) is 17.9 Å². The molecule has 1 fully saturated rings. The average Bonchev–Trinajstić information content (AvgIpc) is 2.35. The van der Waals surface area contributed by atoms with Crippen LogP contribution < -0.4 is 10.6 Å². The van der Waals surface area contributed by atoms with Crippen LogP contribution in [-0.2, 0) is 4.79 Å². The summed E-state index contributed by atoms with van der Waals surface area (Å²) in [4.78, 5) is 22.7. The number of carbonyl (C=O) groups excluding carboxylic acids is 2. The van der Waals surface area contributed by atoms with Crippen LogP contribution in [0, 0.1) is 5.82 Å². The number of urea groups is 1. The molecule has 2 N–H and O–H groups in total. The van der Waals surface area contributed by atoms with Crippen LogP contribution >= 0.6 is 0 Å². The molecule has 5 heteroatoms. The lowest BCUT2D eigenvalue weighted by Gasteiger charge is -2.22. The first-order valence-electron chi connectivity index (χ1n) is 5.99. The van der Waals surface area contributed by atoms with Gasteiger partial charge in [-0.2, -0.15) is 0 Å². The lowest BCUT2D eigenvalue weighted by molar-refractivity contribution is -0.120. The third kappa shape index (κ3) is 3.29. The van der Waals surface area contributed by atoms with Crippen molar-refractivity contribution in [1.82, 2.24) is 5.32 Å². The molecule has 0 spiro atoms. The molecule has 18 heavy (non-hydrogen) atoms. The molecule has 0 atom stereocenters. The van der Waals surface area contributed by atoms with E-state index in [4.69, 9.17) is 0 Å². The van der Waals surface area contributed by atoms with Crippen molar-refractivity contribution in [3.63, 3.8) is 0 Å². The molecule has 0 heterocycles. The van der Waals surface area contributed by atoms with Gasteiger partial charge in [0.2, 0.25) is 0 Å². The van der Waals surface area contributed by atoms with Gasteiger partial charge in [-0.05, 0) is 25.0 Å². The van der Waals surface area contributed by atoms with E-state index >= 15 is 0 Å². The summed E-state index contributed by atoms with van der Waals surface area (Å²) >= 11 is 0. The number of rotatable bonds is 2. The minimum Gasteiger partial charge on any atom is -0.335 e. The number of amides is 2. The molecule has 0 aromatic heterocycles. The number of nitrogens with one attached hydrogen (secondary N) is 2. The molecule has 0 aliphatic heterocycles. The van der Waals surface area contributed by atoms with Gasteiger partial charge in [0.1, 0.15) is 11.6 Å². The van der Waals surface area contributed by atoms with Crippen molar-refractivity contribution >= 4 is 17.5 Å². The van der Waals surface area contributed by atoms with Crippen LogP contribution in [0.1, 0.15) is 25.7 Å². The normalized spacial score (nSPS) is 16.4. The monoisotopic (exact) mass is 250 g/mol. The zero-order chi connectivity index (χ0) is 13.0. The number of carbonyl (C=O) groups is 2. The molecule has 1 aromatic carbocycles. The maximum Gasteiger partial charge on any atom is 0.319 e. The fourth-order valence-corrected chi connectivity index (χ4v) is 1.99. The first-order valence-corrected chi connectivity index (χ1v) is 5.99. The molecule has 1 aliphatic rings. The van der Waals surface area contributed by atoms with E-state index in [0.717, 1.165) is 0 Å². The predicted molar refractivity (Wildman–Crippen MR) is 65.8 cm³/mol. The number of para-hydroxylation sites is 1. The van der Waals surface area contributed by atoms with E-state index in [1.807, 2.05) is 0 Å². The van der Waals surface area contributed by atoms with Gasteiger partial charge in [0.15, 0.2) is 0 Å². The van der Waals surface area contributed by atoms with E-state index in [1.165, 1.54) is 12.1 Å². The number of hydrogen-bond donors (Lipinski definition) is 2. The Hall–Kier alpha value is -1.91. The number of hydrogen-bond acceptors (Lipinski definition) is 2. The molecule has 2 amide bonds. The first kappa shape index (κ1) is 12.5. The molecule has 1 aromatic rings. The summed E-state index contributed by atoms with van der Waals surface area (Å²) in [5.74, 6) is -0.228. The summed E-state index contributed by atoms with van der Waals surface area (Å²) in [5.41, 5.74) is 0.155. The van der Waals surface area contributed by atoms with Gasteiger partial charge in [-0.1, -0.05) is 12.1 Å². The standard InChI is InChI=1S/C13H15FN2O2/c14-11-3-1-2-4-12(11)16-13(18)15-9-5-7-10(17)8-6-9/h1-4,9H,5-8H2,(H2,15,16,18). The first-order chi connectivity index (χ1) is 8.65. The molecule has 1 saturated carbocycles. The van der Waals surface area contributed by atoms with Gasteiger partial charge in [0.05, 0.1) is 5.69 Å². The molecular weight excluding hydrogens is 235 g/mol. The minimum absolute atomic E-state index is 0.00512. The second kappa shape index (κ2) is 5.62. The van der Waals surface area contributed by atoms with Crippen molar-refractivity contribution in [3.8, 4) is 0 Å². The fraction of sp³-hybridized carbons (Fsp3) is 0.385. The Morgan fingerprint density at radius 2 is 1.89 bits per heavy atom. The Kier molecular flexibility index (Phi) is 3.92. The minimum atomic E-state index is -0.466. The molecule has 0 bridgehead atoms. The van der Waals surface area contributed by atoms with Gasteiger partial charge in [-0.3, -0.25) is 4.79 Å². The zero-order valence-electron chi connectivity index (χ0n) is 9.91. The molecular formula is C13H15FN2O2. The summed E-state index contributed by atoms with van der Waals surface area (Å²) in [6.07, 6.45) is 2.32. The van der Waals surface area contributed by atoms with Crippen molar-refractivity contribution in [3.05, 3.63) is 30.1 Å². The number of Topliss-reactive ketones (excluding diaryl/α,β-unsaturated/α-hetero) is 1. The molecule has 0 unspecified atom stereocenters. The van der Waals surface area contributed by atoms with Gasteiger partial charge < -0.3 is 10.6 Å². The van der Waals surface area contributed by atoms with Gasteiger partial charge >= 0.3 is 6.03 Å². The lowest BCUT2D eigenvalue weighted by atomic mass is 9.94. The van der Waals surface area contributed by atoms with Crippen LogP contribution in [0.15, 0.2) is 24.3 Å². The molecule has 1 aliphatic carbocycles. The van der Waals surface area contributed by atoms with Crippen LogP contribution in [0.25, 0.3) is 0 Å². The number of halogens is 1.